The van der Waals surface area contributed by atoms with Gasteiger partial charge >= 0.3 is 0 Å². The van der Waals surface area contributed by atoms with Crippen LogP contribution in [-0.2, 0) is 6.54 Å². The van der Waals surface area contributed by atoms with Crippen LogP contribution in [0.5, 0.6) is 0 Å². The fourth-order valence-corrected chi connectivity index (χ4v) is 4.09. The van der Waals surface area contributed by atoms with Gasteiger partial charge in [-0.15, -0.1) is 24.0 Å². The molecule has 1 saturated heterocycles. The van der Waals surface area contributed by atoms with Crippen LogP contribution in [0.1, 0.15) is 38.2 Å². The van der Waals surface area contributed by atoms with E-state index in [1.54, 1.807) is 0 Å². The first-order chi connectivity index (χ1) is 13.3. The maximum absolute atomic E-state index is 4.38. The Morgan fingerprint density at radius 3 is 2.75 bits per heavy atom. The molecule has 0 amide bonds. The van der Waals surface area contributed by atoms with Gasteiger partial charge in [-0.2, -0.15) is 0 Å². The first-order valence-electron chi connectivity index (χ1n) is 10.5. The van der Waals surface area contributed by atoms with Gasteiger partial charge in [-0.1, -0.05) is 37.6 Å². The van der Waals surface area contributed by atoms with Crippen LogP contribution in [0.15, 0.2) is 41.4 Å². The molecule has 0 aromatic heterocycles. The highest BCUT2D eigenvalue weighted by atomic mass is 127. The summed E-state index contributed by atoms with van der Waals surface area (Å²) in [4.78, 5) is 9.39. The minimum atomic E-state index is 0. The molecule has 0 bridgehead atoms. The normalized spacial score (nSPS) is 20.1. The molecule has 0 spiro atoms. The number of aliphatic imine (C=N–C) groups is 1. The summed E-state index contributed by atoms with van der Waals surface area (Å²) in [5.41, 5.74) is 2.57. The van der Waals surface area contributed by atoms with Crippen LogP contribution in [0.25, 0.3) is 0 Å². The Morgan fingerprint density at radius 1 is 1.18 bits per heavy atom. The van der Waals surface area contributed by atoms with E-state index in [1.807, 2.05) is 7.05 Å². The predicted octanol–water partition coefficient (Wildman–Crippen LogP) is 3.61. The first kappa shape index (κ1) is 23.0. The lowest BCUT2D eigenvalue weighted by molar-refractivity contribution is 0.147. The van der Waals surface area contributed by atoms with Crippen molar-refractivity contribution in [3.8, 4) is 0 Å². The molecular weight excluding hydrogens is 461 g/mol. The lowest BCUT2D eigenvalue weighted by Gasteiger charge is -2.35. The van der Waals surface area contributed by atoms with Gasteiger partial charge in [0.05, 0.1) is 0 Å². The number of benzene rings is 1. The molecule has 5 nitrogen and oxygen atoms in total. The van der Waals surface area contributed by atoms with Crippen molar-refractivity contribution in [3.05, 3.63) is 42.0 Å². The average molecular weight is 497 g/mol. The van der Waals surface area contributed by atoms with E-state index in [9.17, 15) is 0 Å². The van der Waals surface area contributed by atoms with Gasteiger partial charge in [-0.3, -0.25) is 9.89 Å². The minimum Gasteiger partial charge on any atom is -0.364 e. The molecule has 3 rings (SSSR count). The van der Waals surface area contributed by atoms with E-state index in [0.29, 0.717) is 0 Å². The Labute approximate surface area is 187 Å². The van der Waals surface area contributed by atoms with Gasteiger partial charge < -0.3 is 15.5 Å². The number of anilines is 1. The third kappa shape index (κ3) is 6.65. The molecule has 2 heterocycles. The van der Waals surface area contributed by atoms with Gasteiger partial charge in [0.15, 0.2) is 5.96 Å². The highest BCUT2D eigenvalue weighted by Crippen LogP contribution is 2.19. The van der Waals surface area contributed by atoms with Crippen LogP contribution in [-0.4, -0.2) is 56.7 Å². The third-order valence-electron chi connectivity index (χ3n) is 5.69. The predicted molar refractivity (Wildman–Crippen MR) is 131 cm³/mol. The molecule has 0 radical (unpaired) electrons. The number of nitrogens with zero attached hydrogens (tertiary/aromatic N) is 3. The largest absolute Gasteiger partial charge is 0.364 e. The molecule has 1 fully saturated rings. The quantitative estimate of drug-likeness (QED) is 0.262. The second kappa shape index (κ2) is 12.3. The minimum absolute atomic E-state index is 0. The van der Waals surface area contributed by atoms with Gasteiger partial charge in [0, 0.05) is 51.5 Å². The van der Waals surface area contributed by atoms with E-state index in [0.717, 1.165) is 44.7 Å². The zero-order valence-corrected chi connectivity index (χ0v) is 19.7. The van der Waals surface area contributed by atoms with Gasteiger partial charge in [-0.25, -0.2) is 0 Å². The van der Waals surface area contributed by atoms with Crippen molar-refractivity contribution in [3.63, 3.8) is 0 Å². The van der Waals surface area contributed by atoms with E-state index in [4.69, 9.17) is 0 Å². The van der Waals surface area contributed by atoms with Gasteiger partial charge in [0.1, 0.15) is 0 Å². The molecule has 1 aromatic rings. The maximum atomic E-state index is 4.38. The second-order valence-electron chi connectivity index (χ2n) is 7.49. The third-order valence-corrected chi connectivity index (χ3v) is 5.69. The highest BCUT2D eigenvalue weighted by Gasteiger charge is 2.19. The van der Waals surface area contributed by atoms with E-state index < -0.39 is 0 Å². The second-order valence-corrected chi connectivity index (χ2v) is 7.49. The number of halogens is 1. The van der Waals surface area contributed by atoms with Crippen LogP contribution in [0.3, 0.4) is 0 Å². The SMILES string of the molecule is CCC1CCCCN1CCNC(=NC)NCc1cccc(N2CC=CC2)c1.I. The molecule has 28 heavy (non-hydrogen) atoms. The molecule has 2 aliphatic rings. The van der Waals surface area contributed by atoms with Crippen LogP contribution in [0.2, 0.25) is 0 Å². The number of guanidine groups is 1. The molecule has 1 aromatic carbocycles. The summed E-state index contributed by atoms with van der Waals surface area (Å²) in [5.74, 6) is 0.883. The van der Waals surface area contributed by atoms with Crippen molar-refractivity contribution in [2.24, 2.45) is 4.99 Å². The summed E-state index contributed by atoms with van der Waals surface area (Å²) in [6, 6.07) is 9.53. The van der Waals surface area contributed by atoms with E-state index in [-0.39, 0.29) is 24.0 Å². The number of rotatable bonds is 7. The Bertz CT molecular complexity index is 638. The van der Waals surface area contributed by atoms with Gasteiger partial charge in [-0.05, 0) is 43.5 Å². The van der Waals surface area contributed by atoms with E-state index in [2.05, 4.69) is 68.8 Å². The Morgan fingerprint density at radius 2 is 2.00 bits per heavy atom. The molecule has 0 saturated carbocycles. The molecule has 2 aliphatic heterocycles. The van der Waals surface area contributed by atoms with Crippen LogP contribution < -0.4 is 15.5 Å². The monoisotopic (exact) mass is 497 g/mol. The molecule has 0 aliphatic carbocycles. The summed E-state index contributed by atoms with van der Waals surface area (Å²) in [6.07, 6.45) is 9.79. The molecule has 1 atom stereocenters. The summed E-state index contributed by atoms with van der Waals surface area (Å²) in [7, 11) is 1.84. The highest BCUT2D eigenvalue weighted by molar-refractivity contribution is 14.0. The summed E-state index contributed by atoms with van der Waals surface area (Å²) in [5, 5.41) is 6.93. The van der Waals surface area contributed by atoms with E-state index in [1.165, 1.54) is 43.5 Å². The number of piperidine rings is 1. The van der Waals surface area contributed by atoms with Crippen molar-refractivity contribution in [1.29, 1.82) is 0 Å². The Balaban J connectivity index is 0.00000280. The van der Waals surface area contributed by atoms with Gasteiger partial charge in [0.2, 0.25) is 0 Å². The Kier molecular flexibility index (Phi) is 10.1. The lowest BCUT2D eigenvalue weighted by atomic mass is 10.0. The van der Waals surface area contributed by atoms with Crippen molar-refractivity contribution in [2.75, 3.05) is 44.7 Å². The fraction of sp³-hybridized carbons (Fsp3) is 0.591. The summed E-state index contributed by atoms with van der Waals surface area (Å²) in [6.45, 7) is 8.39. The first-order valence-corrected chi connectivity index (χ1v) is 10.5. The fourth-order valence-electron chi connectivity index (χ4n) is 4.09. The van der Waals surface area contributed by atoms with Crippen LogP contribution >= 0.6 is 24.0 Å². The van der Waals surface area contributed by atoms with Gasteiger partial charge in [0.25, 0.3) is 0 Å². The lowest BCUT2D eigenvalue weighted by Crippen LogP contribution is -2.45. The van der Waals surface area contributed by atoms with Crippen molar-refractivity contribution >= 4 is 35.6 Å². The maximum Gasteiger partial charge on any atom is 0.191 e. The number of hydrogen-bond donors (Lipinski definition) is 2. The van der Waals surface area contributed by atoms with Crippen molar-refractivity contribution in [1.82, 2.24) is 15.5 Å². The number of hydrogen-bond acceptors (Lipinski definition) is 3. The van der Waals surface area contributed by atoms with Crippen LogP contribution in [0, 0.1) is 0 Å². The molecule has 6 heteroatoms. The van der Waals surface area contributed by atoms with E-state index >= 15 is 0 Å². The standard InChI is InChI=1S/C22H35N5.HI/c1-3-20-10-4-5-13-27(20)16-12-24-22(23-2)25-18-19-9-8-11-21(17-19)26-14-6-7-15-26;/h6-9,11,17,20H,3-5,10,12-16,18H2,1-2H3,(H2,23,24,25);1H. The molecule has 1 unspecified atom stereocenters. The molecular formula is C22H36IN5. The zero-order valence-electron chi connectivity index (χ0n) is 17.4. The molecule has 156 valence electrons. The summed E-state index contributed by atoms with van der Waals surface area (Å²) < 4.78 is 0. The number of likely N-dealkylation sites (tertiary alicyclic amines) is 1. The summed E-state index contributed by atoms with van der Waals surface area (Å²) >= 11 is 0. The topological polar surface area (TPSA) is 42.9 Å². The Hall–Kier alpha value is -1.28. The number of nitrogens with one attached hydrogen (secondary N) is 2. The smallest absolute Gasteiger partial charge is 0.191 e. The van der Waals surface area contributed by atoms with Crippen molar-refractivity contribution in [2.45, 2.75) is 45.2 Å². The van der Waals surface area contributed by atoms with Crippen LogP contribution in [0.4, 0.5) is 5.69 Å². The zero-order chi connectivity index (χ0) is 18.9. The molecule has 2 N–H and O–H groups in total. The average Bonchev–Trinajstić information content (AvgIpc) is 3.26. The van der Waals surface area contributed by atoms with Crippen molar-refractivity contribution < 1.29 is 0 Å².